The van der Waals surface area contributed by atoms with E-state index in [1.165, 1.54) is 0 Å². The van der Waals surface area contributed by atoms with Gasteiger partial charge in [0.05, 0.1) is 16.7 Å². The molecule has 0 bridgehead atoms. The van der Waals surface area contributed by atoms with Gasteiger partial charge in [-0.3, -0.25) is 16.0 Å². The molecule has 0 spiro atoms. The van der Waals surface area contributed by atoms with E-state index in [1.54, 1.807) is 0 Å². The van der Waals surface area contributed by atoms with Gasteiger partial charge >= 0.3 is 0 Å². The second-order valence-corrected chi connectivity index (χ2v) is 6.29. The predicted octanol–water partition coefficient (Wildman–Crippen LogP) is -0.364. The van der Waals surface area contributed by atoms with E-state index in [1.807, 2.05) is 0 Å². The number of hydrogen-bond acceptors (Lipinski definition) is 7. The summed E-state index contributed by atoms with van der Waals surface area (Å²) in [6, 6.07) is 3.28. The van der Waals surface area contributed by atoms with Gasteiger partial charge in [-0.25, -0.2) is 8.42 Å². The Hall–Kier alpha value is -1.75. The molecule has 0 radical (unpaired) electrons. The lowest BCUT2D eigenvalue weighted by atomic mass is 10.3. The quantitative estimate of drug-likeness (QED) is 0.392. The van der Waals surface area contributed by atoms with E-state index in [9.17, 15) is 23.6 Å². The SMILES string of the molecule is NNc1cc([N+](=O)[O-])ccc1S(=O)(=O)N1CCC(O)C1. The van der Waals surface area contributed by atoms with Crippen LogP contribution in [-0.4, -0.2) is 41.9 Å². The Morgan fingerprint density at radius 1 is 1.50 bits per heavy atom. The Bertz CT molecular complexity index is 633. The van der Waals surface area contributed by atoms with Gasteiger partial charge < -0.3 is 10.5 Å². The van der Waals surface area contributed by atoms with Gasteiger partial charge in [0.25, 0.3) is 5.69 Å². The third kappa shape index (κ3) is 2.58. The van der Waals surface area contributed by atoms with Crippen molar-refractivity contribution in [2.45, 2.75) is 17.4 Å². The number of sulfonamides is 1. The minimum Gasteiger partial charge on any atom is -0.392 e. The third-order valence-corrected chi connectivity index (χ3v) is 5.00. The van der Waals surface area contributed by atoms with Gasteiger partial charge in [0.15, 0.2) is 0 Å². The van der Waals surface area contributed by atoms with Crippen molar-refractivity contribution in [3.8, 4) is 0 Å². The highest BCUT2D eigenvalue weighted by Gasteiger charge is 2.33. The Balaban J connectivity index is 2.44. The summed E-state index contributed by atoms with van der Waals surface area (Å²) in [7, 11) is -3.85. The summed E-state index contributed by atoms with van der Waals surface area (Å²) < 4.78 is 25.9. The van der Waals surface area contributed by atoms with E-state index >= 15 is 0 Å². The van der Waals surface area contributed by atoms with Gasteiger partial charge in [-0.05, 0) is 12.5 Å². The molecule has 1 heterocycles. The summed E-state index contributed by atoms with van der Waals surface area (Å²) in [6.07, 6.45) is -0.338. The summed E-state index contributed by atoms with van der Waals surface area (Å²) in [4.78, 5) is 9.88. The van der Waals surface area contributed by atoms with E-state index in [-0.39, 0.29) is 29.4 Å². The standard InChI is InChI=1S/C10H14N4O5S/c11-12-9-5-7(14(16)17)1-2-10(9)20(18,19)13-4-3-8(15)6-13/h1-2,5,8,12,15H,3-4,6,11H2. The zero-order valence-corrected chi connectivity index (χ0v) is 11.2. The predicted molar refractivity (Wildman–Crippen MR) is 70.3 cm³/mol. The van der Waals surface area contributed by atoms with Crippen molar-refractivity contribution >= 4 is 21.4 Å². The molecule has 1 aromatic carbocycles. The number of nitrogen functional groups attached to an aromatic ring is 1. The van der Waals surface area contributed by atoms with Gasteiger partial charge in [-0.15, -0.1) is 0 Å². The van der Waals surface area contributed by atoms with Crippen LogP contribution in [0.25, 0.3) is 0 Å². The number of anilines is 1. The molecule has 1 fully saturated rings. The van der Waals surface area contributed by atoms with E-state index in [4.69, 9.17) is 5.84 Å². The smallest absolute Gasteiger partial charge is 0.271 e. The van der Waals surface area contributed by atoms with Crippen LogP contribution in [0.4, 0.5) is 11.4 Å². The van der Waals surface area contributed by atoms with Crippen molar-refractivity contribution < 1.29 is 18.4 Å². The van der Waals surface area contributed by atoms with E-state index < -0.39 is 21.1 Å². The van der Waals surface area contributed by atoms with Gasteiger partial charge in [0.1, 0.15) is 4.90 Å². The molecule has 2 rings (SSSR count). The first-order valence-electron chi connectivity index (χ1n) is 5.79. The molecule has 1 aliphatic heterocycles. The number of benzene rings is 1. The maximum absolute atomic E-state index is 12.4. The molecule has 0 saturated carbocycles. The fourth-order valence-electron chi connectivity index (χ4n) is 2.04. The zero-order valence-electron chi connectivity index (χ0n) is 10.4. The number of aliphatic hydroxyl groups excluding tert-OH is 1. The molecule has 20 heavy (non-hydrogen) atoms. The number of aliphatic hydroxyl groups is 1. The van der Waals surface area contributed by atoms with E-state index in [0.717, 1.165) is 22.5 Å². The Kier molecular flexibility index (Phi) is 3.90. The molecule has 4 N–H and O–H groups in total. The number of hydrogen-bond donors (Lipinski definition) is 3. The maximum Gasteiger partial charge on any atom is 0.271 e. The molecule has 1 aromatic rings. The van der Waals surface area contributed by atoms with Crippen molar-refractivity contribution in [3.05, 3.63) is 28.3 Å². The highest BCUT2D eigenvalue weighted by Crippen LogP contribution is 2.29. The molecule has 0 aliphatic carbocycles. The topological polar surface area (TPSA) is 139 Å². The Labute approximate surface area is 115 Å². The van der Waals surface area contributed by atoms with Crippen LogP contribution in [-0.2, 0) is 10.0 Å². The van der Waals surface area contributed by atoms with Crippen molar-refractivity contribution in [2.75, 3.05) is 18.5 Å². The number of β-amino-alcohol motifs (C(OH)–C–C–N with tert-alkyl or cyclic N) is 1. The van der Waals surface area contributed by atoms with Gasteiger partial charge in [0, 0.05) is 25.2 Å². The van der Waals surface area contributed by atoms with Gasteiger partial charge in [-0.2, -0.15) is 4.31 Å². The number of nitro benzene ring substituents is 1. The summed E-state index contributed by atoms with van der Waals surface area (Å²) in [6.45, 7) is 0.202. The molecule has 1 atom stereocenters. The van der Waals surface area contributed by atoms with Crippen LogP contribution in [0.5, 0.6) is 0 Å². The van der Waals surface area contributed by atoms with E-state index in [0.29, 0.717) is 6.42 Å². The highest BCUT2D eigenvalue weighted by atomic mass is 32.2. The summed E-state index contributed by atoms with van der Waals surface area (Å²) in [5, 5.41) is 20.1. The molecule has 1 unspecified atom stereocenters. The highest BCUT2D eigenvalue weighted by molar-refractivity contribution is 7.89. The molecule has 110 valence electrons. The average molecular weight is 302 g/mol. The molecule has 0 aromatic heterocycles. The first-order valence-corrected chi connectivity index (χ1v) is 7.23. The molecular formula is C10H14N4O5S. The van der Waals surface area contributed by atoms with Gasteiger partial charge in [0.2, 0.25) is 10.0 Å². The summed E-state index contributed by atoms with van der Waals surface area (Å²) in [5.41, 5.74) is 1.84. The maximum atomic E-state index is 12.4. The molecule has 1 aliphatic rings. The summed E-state index contributed by atoms with van der Waals surface area (Å²) in [5.74, 6) is 5.24. The van der Waals surface area contributed by atoms with Crippen molar-refractivity contribution in [2.24, 2.45) is 5.84 Å². The van der Waals surface area contributed by atoms with Crippen molar-refractivity contribution in [3.63, 3.8) is 0 Å². The molecule has 9 nitrogen and oxygen atoms in total. The monoisotopic (exact) mass is 302 g/mol. The van der Waals surface area contributed by atoms with Crippen molar-refractivity contribution in [1.82, 2.24) is 4.31 Å². The zero-order chi connectivity index (χ0) is 14.9. The second kappa shape index (κ2) is 5.32. The lowest BCUT2D eigenvalue weighted by Gasteiger charge is -2.17. The lowest BCUT2D eigenvalue weighted by molar-refractivity contribution is -0.384. The number of nitrogens with one attached hydrogen (secondary N) is 1. The first kappa shape index (κ1) is 14.7. The largest absolute Gasteiger partial charge is 0.392 e. The number of hydrazine groups is 1. The first-order chi connectivity index (χ1) is 9.36. The second-order valence-electron chi connectivity index (χ2n) is 4.39. The van der Waals surface area contributed by atoms with Crippen LogP contribution in [0.1, 0.15) is 6.42 Å². The number of nitrogens with two attached hydrogens (primary N) is 1. The third-order valence-electron chi connectivity index (χ3n) is 3.07. The minimum atomic E-state index is -3.85. The summed E-state index contributed by atoms with van der Waals surface area (Å²) >= 11 is 0. The molecule has 0 amide bonds. The molecular weight excluding hydrogens is 288 g/mol. The van der Waals surface area contributed by atoms with Crippen LogP contribution in [0.2, 0.25) is 0 Å². The molecule has 1 saturated heterocycles. The number of rotatable bonds is 4. The average Bonchev–Trinajstić information content (AvgIpc) is 2.85. The van der Waals surface area contributed by atoms with Crippen molar-refractivity contribution in [1.29, 1.82) is 0 Å². The van der Waals surface area contributed by atoms with Crippen LogP contribution in [0.15, 0.2) is 23.1 Å². The number of non-ortho nitro benzene ring substituents is 1. The fraction of sp³-hybridized carbons (Fsp3) is 0.400. The minimum absolute atomic E-state index is 0.00331. The lowest BCUT2D eigenvalue weighted by Crippen LogP contribution is -2.30. The van der Waals surface area contributed by atoms with Crippen LogP contribution in [0.3, 0.4) is 0 Å². The number of nitrogens with zero attached hydrogens (tertiary/aromatic N) is 2. The van der Waals surface area contributed by atoms with Crippen LogP contribution < -0.4 is 11.3 Å². The molecule has 10 heteroatoms. The van der Waals surface area contributed by atoms with E-state index in [2.05, 4.69) is 5.43 Å². The van der Waals surface area contributed by atoms with Crippen LogP contribution >= 0.6 is 0 Å². The number of nitro groups is 1. The Morgan fingerprint density at radius 3 is 2.70 bits per heavy atom. The Morgan fingerprint density at radius 2 is 2.20 bits per heavy atom. The van der Waals surface area contributed by atoms with Gasteiger partial charge in [-0.1, -0.05) is 0 Å². The normalized spacial score (nSPS) is 20.0. The fourth-order valence-corrected chi connectivity index (χ4v) is 3.67. The van der Waals surface area contributed by atoms with Crippen LogP contribution in [0, 0.1) is 10.1 Å².